The standard InChI is InChI=1S/C23H20N2O4/c1-3-12-29-22(26)15-10-8-14(9-11-15)20-21-17(13-19(25-20)23(27)28-2)16-6-4-5-7-18(16)24-21/h1,4-11,19-20,24-25H,12-13H2,2H3/t19-,20-/m1/s1. The fourth-order valence-corrected chi connectivity index (χ4v) is 3.79. The summed E-state index contributed by atoms with van der Waals surface area (Å²) in [7, 11) is 1.39. The highest BCUT2D eigenvalue weighted by Crippen LogP contribution is 2.35. The molecule has 2 atom stereocenters. The van der Waals surface area contributed by atoms with E-state index in [1.165, 1.54) is 7.11 Å². The number of hydrogen-bond acceptors (Lipinski definition) is 5. The molecule has 3 aromatic rings. The van der Waals surface area contributed by atoms with Crippen LogP contribution in [0.5, 0.6) is 0 Å². The third kappa shape index (κ3) is 3.48. The SMILES string of the molecule is C#CCOC(=O)c1ccc([C@H]2N[C@@H](C(=O)OC)Cc3c2[nH]c2ccccc32)cc1. The van der Waals surface area contributed by atoms with E-state index in [0.717, 1.165) is 27.7 Å². The molecule has 29 heavy (non-hydrogen) atoms. The van der Waals surface area contributed by atoms with Gasteiger partial charge in [0.05, 0.1) is 18.7 Å². The second-order valence-corrected chi connectivity index (χ2v) is 6.84. The Hall–Kier alpha value is -3.56. The van der Waals surface area contributed by atoms with Crippen molar-refractivity contribution in [1.82, 2.24) is 10.3 Å². The fraction of sp³-hybridized carbons (Fsp3) is 0.217. The number of hydrogen-bond donors (Lipinski definition) is 2. The largest absolute Gasteiger partial charge is 0.468 e. The van der Waals surface area contributed by atoms with Gasteiger partial charge in [-0.1, -0.05) is 36.3 Å². The first-order chi connectivity index (χ1) is 14.1. The van der Waals surface area contributed by atoms with Gasteiger partial charge in [0.1, 0.15) is 6.04 Å². The van der Waals surface area contributed by atoms with Crippen LogP contribution in [0.1, 0.15) is 33.2 Å². The van der Waals surface area contributed by atoms with E-state index in [0.29, 0.717) is 12.0 Å². The van der Waals surface area contributed by atoms with Gasteiger partial charge in [0.15, 0.2) is 6.61 Å². The zero-order valence-electron chi connectivity index (χ0n) is 15.9. The smallest absolute Gasteiger partial charge is 0.339 e. The van der Waals surface area contributed by atoms with Crippen molar-refractivity contribution in [3.05, 3.63) is 70.9 Å². The van der Waals surface area contributed by atoms with Crippen LogP contribution in [0.4, 0.5) is 0 Å². The lowest BCUT2D eigenvalue weighted by Crippen LogP contribution is -2.45. The van der Waals surface area contributed by atoms with Crippen molar-refractivity contribution in [2.45, 2.75) is 18.5 Å². The predicted octanol–water partition coefficient (Wildman–Crippen LogP) is 2.73. The molecular weight excluding hydrogens is 368 g/mol. The van der Waals surface area contributed by atoms with Gasteiger partial charge in [-0.15, -0.1) is 6.42 Å². The zero-order valence-corrected chi connectivity index (χ0v) is 15.9. The lowest BCUT2D eigenvalue weighted by Gasteiger charge is -2.30. The minimum absolute atomic E-state index is 0.0655. The van der Waals surface area contributed by atoms with Gasteiger partial charge in [-0.2, -0.15) is 0 Å². The van der Waals surface area contributed by atoms with Gasteiger partial charge in [0.25, 0.3) is 0 Å². The van der Waals surface area contributed by atoms with E-state index in [4.69, 9.17) is 15.9 Å². The van der Waals surface area contributed by atoms with E-state index in [1.54, 1.807) is 12.1 Å². The molecule has 6 heteroatoms. The van der Waals surface area contributed by atoms with Crippen LogP contribution in [-0.4, -0.2) is 36.7 Å². The lowest BCUT2D eigenvalue weighted by molar-refractivity contribution is -0.143. The first kappa shape index (κ1) is 18.8. The number of benzene rings is 2. The number of H-pyrrole nitrogens is 1. The molecular formula is C23H20N2O4. The molecule has 2 heterocycles. The Morgan fingerprint density at radius 1 is 1.17 bits per heavy atom. The van der Waals surface area contributed by atoms with Crippen LogP contribution in [0.2, 0.25) is 0 Å². The Labute approximate surface area is 168 Å². The quantitative estimate of drug-likeness (QED) is 0.531. The van der Waals surface area contributed by atoms with Crippen LogP contribution >= 0.6 is 0 Å². The number of carbonyl (C=O) groups is 2. The van der Waals surface area contributed by atoms with Crippen LogP contribution < -0.4 is 5.32 Å². The molecule has 0 saturated carbocycles. The summed E-state index contributed by atoms with van der Waals surface area (Å²) in [6, 6.07) is 14.4. The summed E-state index contributed by atoms with van der Waals surface area (Å²) in [5.41, 5.74) is 4.46. The number of carbonyl (C=O) groups excluding carboxylic acids is 2. The van der Waals surface area contributed by atoms with Crippen molar-refractivity contribution < 1.29 is 19.1 Å². The van der Waals surface area contributed by atoms with Gasteiger partial charge in [0.2, 0.25) is 0 Å². The van der Waals surface area contributed by atoms with E-state index in [9.17, 15) is 9.59 Å². The maximum absolute atomic E-state index is 12.3. The molecule has 4 rings (SSSR count). The Bertz CT molecular complexity index is 1110. The summed E-state index contributed by atoms with van der Waals surface area (Å²) in [4.78, 5) is 27.7. The summed E-state index contributed by atoms with van der Waals surface area (Å²) in [6.45, 7) is -0.0655. The van der Waals surface area contributed by atoms with E-state index >= 15 is 0 Å². The first-order valence-electron chi connectivity index (χ1n) is 9.26. The lowest BCUT2D eigenvalue weighted by atomic mass is 9.90. The number of para-hydroxylation sites is 1. The Morgan fingerprint density at radius 2 is 1.93 bits per heavy atom. The molecule has 1 aliphatic heterocycles. The van der Waals surface area contributed by atoms with E-state index in [-0.39, 0.29) is 18.6 Å². The van der Waals surface area contributed by atoms with E-state index in [2.05, 4.69) is 16.2 Å². The molecule has 146 valence electrons. The van der Waals surface area contributed by atoms with Crippen molar-refractivity contribution in [2.24, 2.45) is 0 Å². The van der Waals surface area contributed by atoms with Crippen molar-refractivity contribution in [1.29, 1.82) is 0 Å². The monoisotopic (exact) mass is 388 g/mol. The maximum atomic E-state index is 12.3. The number of methoxy groups -OCH3 is 1. The topological polar surface area (TPSA) is 80.4 Å². The van der Waals surface area contributed by atoms with Crippen LogP contribution in [-0.2, 0) is 20.7 Å². The highest BCUT2D eigenvalue weighted by atomic mass is 16.5. The van der Waals surface area contributed by atoms with E-state index < -0.39 is 12.0 Å². The van der Waals surface area contributed by atoms with Gasteiger partial charge in [-0.3, -0.25) is 10.1 Å². The molecule has 0 fully saturated rings. The van der Waals surface area contributed by atoms with Crippen LogP contribution in [0.15, 0.2) is 48.5 Å². The molecule has 0 aliphatic carbocycles. The summed E-state index contributed by atoms with van der Waals surface area (Å²) in [6.07, 6.45) is 5.67. The van der Waals surface area contributed by atoms with Gasteiger partial charge in [-0.25, -0.2) is 4.79 Å². The zero-order chi connectivity index (χ0) is 20.4. The van der Waals surface area contributed by atoms with E-state index in [1.807, 2.05) is 36.4 Å². The molecule has 0 radical (unpaired) electrons. The van der Waals surface area contributed by atoms with Crippen molar-refractivity contribution in [3.8, 4) is 12.3 Å². The number of aromatic nitrogens is 1. The minimum atomic E-state index is -0.468. The average Bonchev–Trinajstić information content (AvgIpc) is 3.15. The molecule has 0 saturated heterocycles. The highest BCUT2D eigenvalue weighted by Gasteiger charge is 2.34. The minimum Gasteiger partial charge on any atom is -0.468 e. The molecule has 1 aliphatic rings. The number of aromatic amines is 1. The molecule has 2 N–H and O–H groups in total. The van der Waals surface area contributed by atoms with Crippen LogP contribution in [0, 0.1) is 12.3 Å². The molecule has 0 unspecified atom stereocenters. The van der Waals surface area contributed by atoms with Crippen LogP contribution in [0.3, 0.4) is 0 Å². The van der Waals surface area contributed by atoms with Crippen LogP contribution in [0.25, 0.3) is 10.9 Å². The third-order valence-electron chi connectivity index (χ3n) is 5.16. The van der Waals surface area contributed by atoms with Gasteiger partial charge in [-0.05, 0) is 29.3 Å². The maximum Gasteiger partial charge on any atom is 0.339 e. The molecule has 1 aromatic heterocycles. The second kappa shape index (κ2) is 7.82. The molecule has 0 amide bonds. The molecule has 0 spiro atoms. The second-order valence-electron chi connectivity index (χ2n) is 6.84. The van der Waals surface area contributed by atoms with Crippen molar-refractivity contribution in [3.63, 3.8) is 0 Å². The Balaban J connectivity index is 1.72. The molecule has 6 nitrogen and oxygen atoms in total. The summed E-state index contributed by atoms with van der Waals surface area (Å²) in [5.74, 6) is 1.50. The fourth-order valence-electron chi connectivity index (χ4n) is 3.79. The Kier molecular flexibility index (Phi) is 5.07. The van der Waals surface area contributed by atoms with Crippen molar-refractivity contribution >= 4 is 22.8 Å². The highest BCUT2D eigenvalue weighted by molar-refractivity contribution is 5.90. The number of nitrogens with one attached hydrogen (secondary N) is 2. The number of esters is 2. The van der Waals surface area contributed by atoms with Gasteiger partial charge < -0.3 is 14.5 Å². The summed E-state index contributed by atoms with van der Waals surface area (Å²) < 4.78 is 9.94. The Morgan fingerprint density at radius 3 is 2.66 bits per heavy atom. The number of ether oxygens (including phenoxy) is 2. The average molecular weight is 388 g/mol. The van der Waals surface area contributed by atoms with Crippen molar-refractivity contribution in [2.75, 3.05) is 13.7 Å². The predicted molar refractivity (Wildman–Crippen MR) is 108 cm³/mol. The number of fused-ring (bicyclic) bond motifs is 3. The van der Waals surface area contributed by atoms with Gasteiger partial charge in [0, 0.05) is 23.0 Å². The van der Waals surface area contributed by atoms with Gasteiger partial charge >= 0.3 is 11.9 Å². The number of terminal acetylenes is 1. The normalized spacial score (nSPS) is 17.9. The summed E-state index contributed by atoms with van der Waals surface area (Å²) >= 11 is 0. The third-order valence-corrected chi connectivity index (χ3v) is 5.16. The molecule has 0 bridgehead atoms. The summed E-state index contributed by atoms with van der Waals surface area (Å²) in [5, 5.41) is 4.47. The number of rotatable bonds is 4. The first-order valence-corrected chi connectivity index (χ1v) is 9.26. The molecule has 2 aromatic carbocycles.